The molecule has 1 atom stereocenters. The minimum Gasteiger partial charge on any atom is -0.328 e. The summed E-state index contributed by atoms with van der Waals surface area (Å²) < 4.78 is 13.9. The molecule has 1 rings (SSSR count). The Morgan fingerprint density at radius 2 is 2.11 bits per heavy atom. The summed E-state index contributed by atoms with van der Waals surface area (Å²) in [5.74, 6) is 0.539. The molecular formula is C15H27FN2. The van der Waals surface area contributed by atoms with Gasteiger partial charge in [-0.2, -0.15) is 0 Å². The lowest BCUT2D eigenvalue weighted by atomic mass is 9.93. The van der Waals surface area contributed by atoms with Crippen LogP contribution in [0.1, 0.15) is 33.1 Å². The monoisotopic (exact) mass is 254 g/mol. The van der Waals surface area contributed by atoms with Crippen LogP contribution in [-0.2, 0) is 0 Å². The maximum atomic E-state index is 13.9. The van der Waals surface area contributed by atoms with Crippen LogP contribution in [0.2, 0.25) is 0 Å². The minimum atomic E-state index is -1.12. The number of likely N-dealkylation sites (tertiary alicyclic amines) is 1. The Kier molecular flexibility index (Phi) is 6.03. The molecule has 1 unspecified atom stereocenters. The molecule has 0 aromatic carbocycles. The number of rotatable bonds is 6. The molecule has 18 heavy (non-hydrogen) atoms. The van der Waals surface area contributed by atoms with Crippen LogP contribution < -0.4 is 5.73 Å². The van der Waals surface area contributed by atoms with Crippen molar-refractivity contribution in [2.75, 3.05) is 26.2 Å². The maximum Gasteiger partial charge on any atom is 0.125 e. The standard InChI is InChI=1S/C15H27FN2/c1-4-5-13(2)10-14(3)11-18-8-6-15(16,12-17)7-9-18/h4,10,13H,1,5-9,11-12,17H2,2-3H3/b14-10+. The van der Waals surface area contributed by atoms with Crippen molar-refractivity contribution in [1.29, 1.82) is 0 Å². The summed E-state index contributed by atoms with van der Waals surface area (Å²) in [5.41, 5.74) is 5.71. The molecule has 2 N–H and O–H groups in total. The molecule has 0 amide bonds. The molecular weight excluding hydrogens is 227 g/mol. The summed E-state index contributed by atoms with van der Waals surface area (Å²) in [5, 5.41) is 0. The van der Waals surface area contributed by atoms with Gasteiger partial charge in [0.1, 0.15) is 5.67 Å². The Labute approximate surface area is 111 Å². The van der Waals surface area contributed by atoms with Crippen molar-refractivity contribution in [3.8, 4) is 0 Å². The highest BCUT2D eigenvalue weighted by molar-refractivity contribution is 5.04. The van der Waals surface area contributed by atoms with Crippen molar-refractivity contribution < 1.29 is 4.39 Å². The molecule has 1 aliphatic heterocycles. The van der Waals surface area contributed by atoms with E-state index < -0.39 is 5.67 Å². The third kappa shape index (κ3) is 4.91. The average Bonchev–Trinajstić information content (AvgIpc) is 2.32. The van der Waals surface area contributed by atoms with Crippen LogP contribution in [0.4, 0.5) is 4.39 Å². The molecule has 0 saturated carbocycles. The Morgan fingerprint density at radius 1 is 1.50 bits per heavy atom. The number of nitrogens with zero attached hydrogens (tertiary/aromatic N) is 1. The zero-order chi connectivity index (χ0) is 13.6. The van der Waals surface area contributed by atoms with Gasteiger partial charge < -0.3 is 5.73 Å². The fourth-order valence-electron chi connectivity index (χ4n) is 2.54. The Balaban J connectivity index is 2.38. The number of hydrogen-bond donors (Lipinski definition) is 1. The van der Waals surface area contributed by atoms with Gasteiger partial charge >= 0.3 is 0 Å². The number of hydrogen-bond acceptors (Lipinski definition) is 2. The SMILES string of the molecule is C=CCC(C)/C=C(\C)CN1CCC(F)(CN)CC1. The first-order chi connectivity index (χ1) is 8.49. The quantitative estimate of drug-likeness (QED) is 0.738. The van der Waals surface area contributed by atoms with Gasteiger partial charge in [0.05, 0.1) is 0 Å². The lowest BCUT2D eigenvalue weighted by molar-refractivity contribution is 0.0697. The Bertz CT molecular complexity index is 291. The third-order valence-corrected chi connectivity index (χ3v) is 3.70. The van der Waals surface area contributed by atoms with Gasteiger partial charge in [-0.1, -0.05) is 24.6 Å². The van der Waals surface area contributed by atoms with Gasteiger partial charge in [0.15, 0.2) is 0 Å². The van der Waals surface area contributed by atoms with Crippen molar-refractivity contribution in [2.45, 2.75) is 38.8 Å². The van der Waals surface area contributed by atoms with Crippen LogP contribution in [0, 0.1) is 5.92 Å². The lowest BCUT2D eigenvalue weighted by Crippen LogP contribution is -2.46. The summed E-state index contributed by atoms with van der Waals surface area (Å²) in [7, 11) is 0. The number of piperidine rings is 1. The molecule has 0 aliphatic carbocycles. The van der Waals surface area contributed by atoms with E-state index in [1.807, 2.05) is 6.08 Å². The van der Waals surface area contributed by atoms with Crippen molar-refractivity contribution in [1.82, 2.24) is 4.90 Å². The highest BCUT2D eigenvalue weighted by atomic mass is 19.1. The first kappa shape index (κ1) is 15.4. The number of halogens is 1. The van der Waals surface area contributed by atoms with Gasteiger partial charge in [0.2, 0.25) is 0 Å². The van der Waals surface area contributed by atoms with E-state index in [0.717, 1.165) is 26.1 Å². The van der Waals surface area contributed by atoms with E-state index in [2.05, 4.69) is 31.4 Å². The molecule has 0 aromatic rings. The van der Waals surface area contributed by atoms with E-state index in [-0.39, 0.29) is 6.54 Å². The zero-order valence-electron chi connectivity index (χ0n) is 11.8. The van der Waals surface area contributed by atoms with Gasteiger partial charge in [-0.25, -0.2) is 4.39 Å². The minimum absolute atomic E-state index is 0.159. The summed E-state index contributed by atoms with van der Waals surface area (Å²) in [6.07, 6.45) is 6.39. The number of alkyl halides is 1. The number of allylic oxidation sites excluding steroid dienone is 2. The molecule has 3 heteroatoms. The molecule has 1 aliphatic rings. The van der Waals surface area contributed by atoms with Gasteiger partial charge in [-0.15, -0.1) is 6.58 Å². The highest BCUT2D eigenvalue weighted by Gasteiger charge is 2.32. The summed E-state index contributed by atoms with van der Waals surface area (Å²) in [4.78, 5) is 2.32. The highest BCUT2D eigenvalue weighted by Crippen LogP contribution is 2.25. The van der Waals surface area contributed by atoms with Gasteiger partial charge in [0, 0.05) is 26.2 Å². The topological polar surface area (TPSA) is 29.3 Å². The van der Waals surface area contributed by atoms with Gasteiger partial charge in [-0.05, 0) is 32.1 Å². The van der Waals surface area contributed by atoms with Crippen molar-refractivity contribution in [3.05, 3.63) is 24.3 Å². The van der Waals surface area contributed by atoms with Crippen LogP contribution in [0.15, 0.2) is 24.3 Å². The largest absolute Gasteiger partial charge is 0.328 e. The van der Waals surface area contributed by atoms with E-state index in [4.69, 9.17) is 5.73 Å². The van der Waals surface area contributed by atoms with E-state index in [0.29, 0.717) is 18.8 Å². The fourth-order valence-corrected chi connectivity index (χ4v) is 2.54. The molecule has 2 nitrogen and oxygen atoms in total. The molecule has 1 saturated heterocycles. The second-order valence-electron chi connectivity index (χ2n) is 5.65. The first-order valence-electron chi connectivity index (χ1n) is 6.88. The summed E-state index contributed by atoms with van der Waals surface area (Å²) in [6, 6.07) is 0. The third-order valence-electron chi connectivity index (χ3n) is 3.70. The molecule has 0 aromatic heterocycles. The van der Waals surface area contributed by atoms with E-state index in [1.54, 1.807) is 0 Å². The molecule has 0 spiro atoms. The van der Waals surface area contributed by atoms with Crippen LogP contribution in [-0.4, -0.2) is 36.7 Å². The van der Waals surface area contributed by atoms with Gasteiger partial charge in [0.25, 0.3) is 0 Å². The molecule has 0 radical (unpaired) electrons. The van der Waals surface area contributed by atoms with Crippen LogP contribution in [0.5, 0.6) is 0 Å². The molecule has 1 fully saturated rings. The van der Waals surface area contributed by atoms with Gasteiger partial charge in [-0.3, -0.25) is 4.90 Å². The van der Waals surface area contributed by atoms with Crippen molar-refractivity contribution in [3.63, 3.8) is 0 Å². The second-order valence-corrected chi connectivity index (χ2v) is 5.65. The normalized spacial score (nSPS) is 22.8. The van der Waals surface area contributed by atoms with E-state index in [9.17, 15) is 4.39 Å². The van der Waals surface area contributed by atoms with Crippen LogP contribution in [0.25, 0.3) is 0 Å². The van der Waals surface area contributed by atoms with Crippen molar-refractivity contribution >= 4 is 0 Å². The van der Waals surface area contributed by atoms with Crippen LogP contribution >= 0.6 is 0 Å². The summed E-state index contributed by atoms with van der Waals surface area (Å²) >= 11 is 0. The molecule has 1 heterocycles. The average molecular weight is 254 g/mol. The lowest BCUT2D eigenvalue weighted by Gasteiger charge is -2.35. The first-order valence-corrected chi connectivity index (χ1v) is 6.88. The fraction of sp³-hybridized carbons (Fsp3) is 0.733. The summed E-state index contributed by atoms with van der Waals surface area (Å²) in [6.45, 7) is 10.8. The predicted molar refractivity (Wildman–Crippen MR) is 76.3 cm³/mol. The van der Waals surface area contributed by atoms with Crippen molar-refractivity contribution in [2.24, 2.45) is 11.7 Å². The molecule has 104 valence electrons. The van der Waals surface area contributed by atoms with Crippen LogP contribution in [0.3, 0.4) is 0 Å². The second kappa shape index (κ2) is 7.05. The predicted octanol–water partition coefficient (Wildman–Crippen LogP) is 2.91. The van der Waals surface area contributed by atoms with E-state index >= 15 is 0 Å². The molecule has 0 bridgehead atoms. The smallest absolute Gasteiger partial charge is 0.125 e. The maximum absolute atomic E-state index is 13.9. The Morgan fingerprint density at radius 3 is 2.61 bits per heavy atom. The number of nitrogens with two attached hydrogens (primary N) is 1. The van der Waals surface area contributed by atoms with E-state index in [1.165, 1.54) is 5.57 Å². The Hall–Kier alpha value is -0.670. The zero-order valence-corrected chi connectivity index (χ0v) is 11.8.